The maximum absolute atomic E-state index is 14.6. The predicted molar refractivity (Wildman–Crippen MR) is 126 cm³/mol. The van der Waals surface area contributed by atoms with E-state index in [-0.39, 0.29) is 24.4 Å². The molecule has 2 heterocycles. The number of rotatable bonds is 8. The molecule has 12 heteroatoms. The molecule has 8 nitrogen and oxygen atoms in total. The fourth-order valence-electron chi connectivity index (χ4n) is 4.94. The predicted octanol–water partition coefficient (Wildman–Crippen LogP) is 3.09. The Bertz CT molecular complexity index is 1060. The number of halogens is 4. The van der Waals surface area contributed by atoms with E-state index in [1.54, 1.807) is 6.92 Å². The number of nitrogens with one attached hydrogen (secondary N) is 3. The molecule has 0 aromatic heterocycles. The molecule has 0 saturated carbocycles. The number of likely N-dealkylation sites (tertiary alicyclic amines) is 1. The van der Waals surface area contributed by atoms with Crippen LogP contribution in [0.3, 0.4) is 0 Å². The van der Waals surface area contributed by atoms with Gasteiger partial charge in [-0.1, -0.05) is 6.92 Å². The first-order valence-corrected chi connectivity index (χ1v) is 12.3. The van der Waals surface area contributed by atoms with E-state index >= 15 is 0 Å². The highest BCUT2D eigenvalue weighted by molar-refractivity contribution is 5.92. The number of piperidine rings is 2. The van der Waals surface area contributed by atoms with Crippen molar-refractivity contribution in [2.24, 2.45) is 5.92 Å². The van der Waals surface area contributed by atoms with Crippen LogP contribution in [0.25, 0.3) is 0 Å². The van der Waals surface area contributed by atoms with Crippen LogP contribution in [0.5, 0.6) is 0 Å². The molecular weight excluding hydrogens is 494 g/mol. The SMILES string of the molecule is CC[C@H]1CC(F)(F)C[C@@H](C(=O)N[C@H](C#N)C[C@@H]2CCCNC2=O)N1C(=O)[C@H](C)Nc1cc(F)ccc1F. The zero-order valence-corrected chi connectivity index (χ0v) is 20.7. The van der Waals surface area contributed by atoms with Crippen LogP contribution in [0.1, 0.15) is 52.4 Å². The first kappa shape index (κ1) is 28.2. The molecule has 3 N–H and O–H groups in total. The molecule has 0 aliphatic carbocycles. The summed E-state index contributed by atoms with van der Waals surface area (Å²) in [7, 11) is 0. The molecule has 0 spiro atoms. The van der Waals surface area contributed by atoms with Crippen LogP contribution in [-0.4, -0.2) is 59.3 Å². The molecule has 37 heavy (non-hydrogen) atoms. The fraction of sp³-hybridized carbons (Fsp3) is 0.600. The first-order chi connectivity index (χ1) is 17.5. The number of anilines is 1. The minimum atomic E-state index is -3.24. The van der Waals surface area contributed by atoms with Gasteiger partial charge in [0.05, 0.1) is 11.8 Å². The Morgan fingerprint density at radius 1 is 1.30 bits per heavy atom. The van der Waals surface area contributed by atoms with Gasteiger partial charge in [-0.2, -0.15) is 5.26 Å². The minimum absolute atomic E-state index is 0.0130. The van der Waals surface area contributed by atoms with Gasteiger partial charge in [-0.15, -0.1) is 0 Å². The zero-order chi connectivity index (χ0) is 27.3. The van der Waals surface area contributed by atoms with Crippen molar-refractivity contribution in [3.8, 4) is 6.07 Å². The topological polar surface area (TPSA) is 114 Å². The van der Waals surface area contributed by atoms with E-state index in [9.17, 15) is 37.2 Å². The smallest absolute Gasteiger partial charge is 0.252 e. The van der Waals surface area contributed by atoms with Gasteiger partial charge >= 0.3 is 0 Å². The second-order valence-electron chi connectivity index (χ2n) is 9.63. The summed E-state index contributed by atoms with van der Waals surface area (Å²) in [6, 6.07) is -0.329. The summed E-state index contributed by atoms with van der Waals surface area (Å²) >= 11 is 0. The summed E-state index contributed by atoms with van der Waals surface area (Å²) in [5, 5.41) is 17.3. The van der Waals surface area contributed by atoms with Gasteiger partial charge < -0.3 is 20.9 Å². The molecule has 2 fully saturated rings. The van der Waals surface area contributed by atoms with Crippen molar-refractivity contribution in [1.29, 1.82) is 5.26 Å². The Labute approximate surface area is 212 Å². The van der Waals surface area contributed by atoms with Gasteiger partial charge in [-0.05, 0) is 50.8 Å². The van der Waals surface area contributed by atoms with E-state index in [0.717, 1.165) is 23.1 Å². The zero-order valence-electron chi connectivity index (χ0n) is 20.7. The number of hydrogen-bond donors (Lipinski definition) is 3. The Balaban J connectivity index is 1.81. The maximum atomic E-state index is 14.6. The Hall–Kier alpha value is -3.36. The second-order valence-corrected chi connectivity index (χ2v) is 9.63. The summed E-state index contributed by atoms with van der Waals surface area (Å²) in [5.41, 5.74) is -0.285. The monoisotopic (exact) mass is 525 g/mol. The van der Waals surface area contributed by atoms with Crippen LogP contribution in [0.15, 0.2) is 18.2 Å². The van der Waals surface area contributed by atoms with Crippen molar-refractivity contribution >= 4 is 23.4 Å². The summed E-state index contributed by atoms with van der Waals surface area (Å²) < 4.78 is 57.0. The van der Waals surface area contributed by atoms with Gasteiger partial charge in [0.25, 0.3) is 5.92 Å². The van der Waals surface area contributed by atoms with E-state index in [1.165, 1.54) is 6.92 Å². The van der Waals surface area contributed by atoms with E-state index < -0.39 is 72.3 Å². The number of alkyl halides is 2. The molecule has 1 aromatic rings. The number of carbonyl (C=O) groups excluding carboxylic acids is 3. The number of benzene rings is 1. The normalized spacial score (nSPS) is 24.8. The molecule has 1 aromatic carbocycles. The van der Waals surface area contributed by atoms with Gasteiger partial charge in [-0.3, -0.25) is 14.4 Å². The molecule has 3 rings (SSSR count). The Morgan fingerprint density at radius 2 is 2.03 bits per heavy atom. The lowest BCUT2D eigenvalue weighted by atomic mass is 9.88. The lowest BCUT2D eigenvalue weighted by Gasteiger charge is -2.45. The number of nitrogens with zero attached hydrogens (tertiary/aromatic N) is 2. The molecule has 2 saturated heterocycles. The van der Waals surface area contributed by atoms with Gasteiger partial charge in [-0.25, -0.2) is 17.6 Å². The Kier molecular flexibility index (Phi) is 8.99. The molecule has 202 valence electrons. The van der Waals surface area contributed by atoms with E-state index in [2.05, 4.69) is 16.0 Å². The lowest BCUT2D eigenvalue weighted by Crippen LogP contribution is -2.63. The second kappa shape index (κ2) is 11.8. The van der Waals surface area contributed by atoms with Gasteiger partial charge in [0.15, 0.2) is 0 Å². The van der Waals surface area contributed by atoms with Gasteiger partial charge in [0.2, 0.25) is 17.7 Å². The molecule has 0 radical (unpaired) electrons. The first-order valence-electron chi connectivity index (χ1n) is 12.3. The van der Waals surface area contributed by atoms with Crippen molar-refractivity contribution in [2.75, 3.05) is 11.9 Å². The molecule has 5 atom stereocenters. The standard InChI is InChI=1S/C25H31F4N5O3/c1-3-18-11-25(28,29)12-21(23(36)33-17(13-30)9-15-5-4-8-31-22(15)35)34(18)24(37)14(2)32-20-10-16(26)6-7-19(20)27/h6-7,10,14-15,17-18,21,32H,3-5,8-9,11-12H2,1-2H3,(H,31,35)(H,33,36)/t14-,15-,17-,18-,21-/m0/s1. The molecule has 3 amide bonds. The highest BCUT2D eigenvalue weighted by Crippen LogP contribution is 2.37. The van der Waals surface area contributed by atoms with Crippen LogP contribution in [0.2, 0.25) is 0 Å². The largest absolute Gasteiger partial charge is 0.371 e. The molecular formula is C25H31F4N5O3. The molecule has 2 aliphatic rings. The van der Waals surface area contributed by atoms with Crippen molar-refractivity contribution in [1.82, 2.24) is 15.5 Å². The average Bonchev–Trinajstić information content (AvgIpc) is 2.85. The van der Waals surface area contributed by atoms with E-state index in [4.69, 9.17) is 0 Å². The van der Waals surface area contributed by atoms with Gasteiger partial charge in [0, 0.05) is 31.3 Å². The van der Waals surface area contributed by atoms with Crippen LogP contribution in [0, 0.1) is 28.9 Å². The van der Waals surface area contributed by atoms with Crippen molar-refractivity contribution < 1.29 is 31.9 Å². The average molecular weight is 526 g/mol. The summed E-state index contributed by atoms with van der Waals surface area (Å²) in [6.07, 6.45) is -0.234. The van der Waals surface area contributed by atoms with Crippen LogP contribution < -0.4 is 16.0 Å². The van der Waals surface area contributed by atoms with Crippen LogP contribution in [0.4, 0.5) is 23.2 Å². The van der Waals surface area contributed by atoms with Crippen molar-refractivity contribution in [3.63, 3.8) is 0 Å². The highest BCUT2D eigenvalue weighted by Gasteiger charge is 2.50. The van der Waals surface area contributed by atoms with Crippen molar-refractivity contribution in [3.05, 3.63) is 29.8 Å². The summed E-state index contributed by atoms with van der Waals surface area (Å²) in [4.78, 5) is 39.8. The fourth-order valence-corrected chi connectivity index (χ4v) is 4.94. The number of carbonyl (C=O) groups is 3. The van der Waals surface area contributed by atoms with Crippen LogP contribution in [-0.2, 0) is 14.4 Å². The van der Waals surface area contributed by atoms with E-state index in [0.29, 0.717) is 19.4 Å². The molecule has 2 aliphatic heterocycles. The third-order valence-electron chi connectivity index (χ3n) is 6.85. The Morgan fingerprint density at radius 3 is 2.68 bits per heavy atom. The third-order valence-corrected chi connectivity index (χ3v) is 6.85. The van der Waals surface area contributed by atoms with Gasteiger partial charge in [0.1, 0.15) is 29.8 Å². The third kappa shape index (κ3) is 6.90. The number of hydrogen-bond acceptors (Lipinski definition) is 5. The van der Waals surface area contributed by atoms with Crippen molar-refractivity contribution in [2.45, 2.75) is 82.5 Å². The lowest BCUT2D eigenvalue weighted by molar-refractivity contribution is -0.160. The highest BCUT2D eigenvalue weighted by atomic mass is 19.3. The minimum Gasteiger partial charge on any atom is -0.371 e. The summed E-state index contributed by atoms with van der Waals surface area (Å²) in [5.74, 6) is -7.20. The number of nitriles is 1. The van der Waals surface area contributed by atoms with E-state index in [1.807, 2.05) is 6.07 Å². The quantitative estimate of drug-likeness (QED) is 0.452. The van der Waals surface area contributed by atoms with Crippen LogP contribution >= 0.6 is 0 Å². The molecule has 0 bridgehead atoms. The number of amides is 3. The maximum Gasteiger partial charge on any atom is 0.252 e. The summed E-state index contributed by atoms with van der Waals surface area (Å²) in [6.45, 7) is 3.49. The molecule has 0 unspecified atom stereocenters.